The molecule has 1 aromatic rings. The lowest BCUT2D eigenvalue weighted by Gasteiger charge is -2.27. The number of rotatable bonds is 4. The molecule has 2 atom stereocenters. The van der Waals surface area contributed by atoms with Crippen molar-refractivity contribution < 1.29 is 14.1 Å². The van der Waals surface area contributed by atoms with E-state index in [4.69, 9.17) is 0 Å². The SMILES string of the molecule is CCC1CCC(=O)C(Cc2cc(F)ccc2[N+](=O)[O-])C1. The summed E-state index contributed by atoms with van der Waals surface area (Å²) in [5.74, 6) is -0.0753. The molecule has 5 heteroatoms. The standard InChI is InChI=1S/C15H18FNO3/c1-2-10-3-6-15(18)12(7-10)8-11-9-13(16)4-5-14(11)17(19)20/h4-5,9-10,12H,2-3,6-8H2,1H3. The summed E-state index contributed by atoms with van der Waals surface area (Å²) in [7, 11) is 0. The van der Waals surface area contributed by atoms with Gasteiger partial charge in [-0.2, -0.15) is 0 Å². The predicted molar refractivity (Wildman–Crippen MR) is 72.9 cm³/mol. The molecule has 4 nitrogen and oxygen atoms in total. The molecule has 1 aromatic carbocycles. The molecule has 0 spiro atoms. The van der Waals surface area contributed by atoms with Crippen LogP contribution in [0.1, 0.15) is 38.2 Å². The average Bonchev–Trinajstić information content (AvgIpc) is 2.41. The van der Waals surface area contributed by atoms with Crippen molar-refractivity contribution in [1.29, 1.82) is 0 Å². The Morgan fingerprint density at radius 2 is 2.20 bits per heavy atom. The monoisotopic (exact) mass is 279 g/mol. The van der Waals surface area contributed by atoms with Crippen molar-refractivity contribution in [2.75, 3.05) is 0 Å². The minimum atomic E-state index is -0.515. The van der Waals surface area contributed by atoms with Crippen LogP contribution in [-0.4, -0.2) is 10.7 Å². The zero-order chi connectivity index (χ0) is 14.7. The average molecular weight is 279 g/mol. The minimum Gasteiger partial charge on any atom is -0.299 e. The third kappa shape index (κ3) is 3.21. The fraction of sp³-hybridized carbons (Fsp3) is 0.533. The maximum absolute atomic E-state index is 13.3. The molecule has 0 radical (unpaired) electrons. The summed E-state index contributed by atoms with van der Waals surface area (Å²) in [6.07, 6.45) is 3.46. The van der Waals surface area contributed by atoms with Gasteiger partial charge in [-0.1, -0.05) is 13.3 Å². The van der Waals surface area contributed by atoms with Crippen molar-refractivity contribution in [2.45, 2.75) is 39.0 Å². The molecule has 0 saturated heterocycles. The van der Waals surface area contributed by atoms with E-state index >= 15 is 0 Å². The van der Waals surface area contributed by atoms with Gasteiger partial charge in [0.2, 0.25) is 0 Å². The summed E-state index contributed by atoms with van der Waals surface area (Å²) in [6.45, 7) is 2.09. The number of benzene rings is 1. The highest BCUT2D eigenvalue weighted by Crippen LogP contribution is 2.33. The van der Waals surface area contributed by atoms with E-state index in [2.05, 4.69) is 6.92 Å². The summed E-state index contributed by atoms with van der Waals surface area (Å²) in [4.78, 5) is 22.4. The molecule has 1 aliphatic rings. The highest BCUT2D eigenvalue weighted by molar-refractivity contribution is 5.82. The van der Waals surface area contributed by atoms with Gasteiger partial charge < -0.3 is 0 Å². The van der Waals surface area contributed by atoms with Gasteiger partial charge in [0.25, 0.3) is 5.69 Å². The van der Waals surface area contributed by atoms with Gasteiger partial charge in [-0.3, -0.25) is 14.9 Å². The number of hydrogen-bond donors (Lipinski definition) is 0. The molecule has 2 unspecified atom stereocenters. The normalized spacial score (nSPS) is 22.8. The van der Waals surface area contributed by atoms with E-state index in [-0.39, 0.29) is 23.8 Å². The highest BCUT2D eigenvalue weighted by Gasteiger charge is 2.29. The second-order valence-electron chi connectivity index (χ2n) is 5.45. The quantitative estimate of drug-likeness (QED) is 0.624. The van der Waals surface area contributed by atoms with Crippen molar-refractivity contribution in [3.05, 3.63) is 39.7 Å². The zero-order valence-corrected chi connectivity index (χ0v) is 11.5. The van der Waals surface area contributed by atoms with Gasteiger partial charge in [-0.25, -0.2) is 4.39 Å². The first-order valence-corrected chi connectivity index (χ1v) is 6.96. The van der Waals surface area contributed by atoms with Gasteiger partial charge in [-0.05, 0) is 37.3 Å². The molecule has 0 amide bonds. The van der Waals surface area contributed by atoms with E-state index in [1.165, 1.54) is 12.1 Å². The van der Waals surface area contributed by atoms with Gasteiger partial charge in [0.05, 0.1) is 4.92 Å². The lowest BCUT2D eigenvalue weighted by Crippen LogP contribution is -2.26. The van der Waals surface area contributed by atoms with Crippen LogP contribution in [0.5, 0.6) is 0 Å². The predicted octanol–water partition coefficient (Wildman–Crippen LogP) is 3.67. The molecule has 1 saturated carbocycles. The Morgan fingerprint density at radius 3 is 2.85 bits per heavy atom. The van der Waals surface area contributed by atoms with Crippen LogP contribution in [0.25, 0.3) is 0 Å². The number of nitro benzene ring substituents is 1. The van der Waals surface area contributed by atoms with Crippen LogP contribution in [0, 0.1) is 27.8 Å². The molecule has 1 fully saturated rings. The van der Waals surface area contributed by atoms with Crippen LogP contribution in [0.4, 0.5) is 10.1 Å². The molecule has 1 aliphatic carbocycles. The second-order valence-corrected chi connectivity index (χ2v) is 5.45. The summed E-state index contributed by atoms with van der Waals surface area (Å²) in [5, 5.41) is 11.0. The van der Waals surface area contributed by atoms with Gasteiger partial charge in [0, 0.05) is 24.0 Å². The maximum atomic E-state index is 13.3. The van der Waals surface area contributed by atoms with Crippen molar-refractivity contribution in [2.24, 2.45) is 11.8 Å². The van der Waals surface area contributed by atoms with E-state index in [9.17, 15) is 19.3 Å². The first-order chi connectivity index (χ1) is 9.51. The molecule has 2 rings (SSSR count). The number of halogens is 1. The maximum Gasteiger partial charge on any atom is 0.272 e. The van der Waals surface area contributed by atoms with Crippen LogP contribution in [0.3, 0.4) is 0 Å². The largest absolute Gasteiger partial charge is 0.299 e. The Balaban J connectivity index is 2.22. The third-order valence-electron chi connectivity index (χ3n) is 4.15. The van der Waals surface area contributed by atoms with Crippen LogP contribution < -0.4 is 0 Å². The molecule has 0 bridgehead atoms. The number of ketones is 1. The topological polar surface area (TPSA) is 60.2 Å². The number of carbonyl (C=O) groups is 1. The lowest BCUT2D eigenvalue weighted by molar-refractivity contribution is -0.385. The van der Waals surface area contributed by atoms with Gasteiger partial charge in [0.15, 0.2) is 0 Å². The fourth-order valence-corrected chi connectivity index (χ4v) is 2.93. The van der Waals surface area contributed by atoms with Crippen LogP contribution >= 0.6 is 0 Å². The Hall–Kier alpha value is -1.78. The number of Topliss-reactive ketones (excluding diaryl/α,β-unsaturated/α-hetero) is 1. The first-order valence-electron chi connectivity index (χ1n) is 6.96. The fourth-order valence-electron chi connectivity index (χ4n) is 2.93. The summed E-state index contributed by atoms with van der Waals surface area (Å²) >= 11 is 0. The van der Waals surface area contributed by atoms with E-state index in [0.717, 1.165) is 25.3 Å². The van der Waals surface area contributed by atoms with Crippen LogP contribution in [-0.2, 0) is 11.2 Å². The number of nitro groups is 1. The summed E-state index contributed by atoms with van der Waals surface area (Å²) in [5.41, 5.74) is 0.225. The van der Waals surface area contributed by atoms with E-state index in [1.807, 2.05) is 0 Å². The Bertz CT molecular complexity index is 530. The van der Waals surface area contributed by atoms with E-state index in [0.29, 0.717) is 17.9 Å². The van der Waals surface area contributed by atoms with Crippen molar-refractivity contribution in [3.63, 3.8) is 0 Å². The summed E-state index contributed by atoms with van der Waals surface area (Å²) < 4.78 is 13.3. The minimum absolute atomic E-state index is 0.0992. The Morgan fingerprint density at radius 1 is 1.45 bits per heavy atom. The summed E-state index contributed by atoms with van der Waals surface area (Å²) in [6, 6.07) is 3.44. The van der Waals surface area contributed by atoms with Gasteiger partial charge in [-0.15, -0.1) is 0 Å². The van der Waals surface area contributed by atoms with Gasteiger partial charge >= 0.3 is 0 Å². The second kappa shape index (κ2) is 6.11. The number of carbonyl (C=O) groups excluding carboxylic acids is 1. The van der Waals surface area contributed by atoms with Crippen molar-refractivity contribution in [3.8, 4) is 0 Å². The molecule has 20 heavy (non-hydrogen) atoms. The Labute approximate surface area is 117 Å². The number of nitrogens with zero attached hydrogens (tertiary/aromatic N) is 1. The third-order valence-corrected chi connectivity index (χ3v) is 4.15. The van der Waals surface area contributed by atoms with E-state index < -0.39 is 10.7 Å². The highest BCUT2D eigenvalue weighted by atomic mass is 19.1. The smallest absolute Gasteiger partial charge is 0.272 e. The first kappa shape index (κ1) is 14.6. The van der Waals surface area contributed by atoms with E-state index in [1.54, 1.807) is 0 Å². The molecule has 0 aliphatic heterocycles. The zero-order valence-electron chi connectivity index (χ0n) is 11.5. The molecule has 108 valence electrons. The lowest BCUT2D eigenvalue weighted by atomic mass is 9.76. The molecular weight excluding hydrogens is 261 g/mol. The van der Waals surface area contributed by atoms with Crippen LogP contribution in [0.15, 0.2) is 18.2 Å². The Kier molecular flexibility index (Phi) is 4.47. The van der Waals surface area contributed by atoms with Crippen LogP contribution in [0.2, 0.25) is 0 Å². The number of hydrogen-bond acceptors (Lipinski definition) is 3. The van der Waals surface area contributed by atoms with Crippen molar-refractivity contribution >= 4 is 11.5 Å². The van der Waals surface area contributed by atoms with Gasteiger partial charge in [0.1, 0.15) is 11.6 Å². The molecular formula is C15H18FNO3. The van der Waals surface area contributed by atoms with Crippen molar-refractivity contribution in [1.82, 2.24) is 0 Å². The molecule has 0 aromatic heterocycles. The molecule has 0 N–H and O–H groups in total. The molecule has 0 heterocycles.